The van der Waals surface area contributed by atoms with Crippen LogP contribution in [0.1, 0.15) is 16.7 Å². The topological polar surface area (TPSA) is 12.0 Å². The summed E-state index contributed by atoms with van der Waals surface area (Å²) in [4.78, 5) is 0. The van der Waals surface area contributed by atoms with E-state index in [2.05, 4.69) is 84.2 Å². The van der Waals surface area contributed by atoms with Crippen molar-refractivity contribution in [3.05, 3.63) is 62.7 Å². The zero-order chi connectivity index (χ0) is 12.3. The molecule has 2 rings (SSSR count). The summed E-state index contributed by atoms with van der Waals surface area (Å²) >= 11 is 2.34. The highest BCUT2D eigenvalue weighted by atomic mass is 127. The van der Waals surface area contributed by atoms with Crippen molar-refractivity contribution in [3.8, 4) is 0 Å². The van der Waals surface area contributed by atoms with Gasteiger partial charge in [-0.25, -0.2) is 0 Å². The first-order valence-electron chi connectivity index (χ1n) is 5.71. The van der Waals surface area contributed by atoms with Crippen LogP contribution in [0.15, 0.2) is 42.5 Å². The molecule has 88 valence electrons. The number of benzene rings is 2. The fourth-order valence-electron chi connectivity index (χ4n) is 1.82. The van der Waals surface area contributed by atoms with Gasteiger partial charge in [0.05, 0.1) is 0 Å². The summed E-state index contributed by atoms with van der Waals surface area (Å²) in [6.45, 7) is 5.17. The average molecular weight is 337 g/mol. The largest absolute Gasteiger partial charge is 0.381 e. The Balaban J connectivity index is 2.10. The highest BCUT2D eigenvalue weighted by Gasteiger charge is 2.00. The van der Waals surface area contributed by atoms with E-state index in [1.807, 2.05) is 0 Å². The molecular weight excluding hydrogens is 321 g/mol. The third kappa shape index (κ3) is 3.22. The van der Waals surface area contributed by atoms with Crippen LogP contribution in [0.3, 0.4) is 0 Å². The van der Waals surface area contributed by atoms with Crippen molar-refractivity contribution in [2.75, 3.05) is 5.32 Å². The number of halogens is 1. The van der Waals surface area contributed by atoms with Gasteiger partial charge in [0.1, 0.15) is 0 Å². The molecule has 1 nitrogen and oxygen atoms in total. The normalized spacial score (nSPS) is 10.3. The molecule has 2 aromatic carbocycles. The summed E-state index contributed by atoms with van der Waals surface area (Å²) in [6, 6.07) is 15.0. The SMILES string of the molecule is Cc1ccccc1CNc1ccc(I)cc1C. The Labute approximate surface area is 116 Å². The smallest absolute Gasteiger partial charge is 0.0403 e. The van der Waals surface area contributed by atoms with Crippen LogP contribution in [0.4, 0.5) is 5.69 Å². The molecule has 0 heterocycles. The second-order valence-electron chi connectivity index (χ2n) is 4.24. The van der Waals surface area contributed by atoms with Crippen molar-refractivity contribution in [3.63, 3.8) is 0 Å². The molecule has 0 aliphatic heterocycles. The third-order valence-corrected chi connectivity index (χ3v) is 3.59. The molecule has 0 unspecified atom stereocenters. The fraction of sp³-hybridized carbons (Fsp3) is 0.200. The van der Waals surface area contributed by atoms with Crippen molar-refractivity contribution in [1.29, 1.82) is 0 Å². The first kappa shape index (κ1) is 12.4. The summed E-state index contributed by atoms with van der Waals surface area (Å²) in [5, 5.41) is 3.49. The predicted molar refractivity (Wildman–Crippen MR) is 82.4 cm³/mol. The minimum atomic E-state index is 0.883. The molecule has 0 atom stereocenters. The molecule has 0 saturated carbocycles. The summed E-state index contributed by atoms with van der Waals surface area (Å²) in [5.74, 6) is 0. The van der Waals surface area contributed by atoms with E-state index < -0.39 is 0 Å². The summed E-state index contributed by atoms with van der Waals surface area (Å²) < 4.78 is 1.28. The lowest BCUT2D eigenvalue weighted by molar-refractivity contribution is 1.11. The number of hydrogen-bond donors (Lipinski definition) is 1. The van der Waals surface area contributed by atoms with Gasteiger partial charge in [-0.1, -0.05) is 24.3 Å². The van der Waals surface area contributed by atoms with E-state index in [4.69, 9.17) is 0 Å². The van der Waals surface area contributed by atoms with E-state index in [0.717, 1.165) is 6.54 Å². The Bertz CT molecular complexity index is 520. The fourth-order valence-corrected chi connectivity index (χ4v) is 2.47. The van der Waals surface area contributed by atoms with Gasteiger partial charge in [0.15, 0.2) is 0 Å². The molecular formula is C15H16IN. The molecule has 1 N–H and O–H groups in total. The highest BCUT2D eigenvalue weighted by Crippen LogP contribution is 2.19. The van der Waals surface area contributed by atoms with Crippen LogP contribution in [0.5, 0.6) is 0 Å². The van der Waals surface area contributed by atoms with Crippen LogP contribution in [-0.2, 0) is 6.54 Å². The molecule has 2 heteroatoms. The van der Waals surface area contributed by atoms with Gasteiger partial charge in [-0.2, -0.15) is 0 Å². The van der Waals surface area contributed by atoms with Crippen LogP contribution < -0.4 is 5.32 Å². The Hall–Kier alpha value is -1.03. The zero-order valence-electron chi connectivity index (χ0n) is 10.1. The number of anilines is 1. The highest BCUT2D eigenvalue weighted by molar-refractivity contribution is 14.1. The predicted octanol–water partition coefficient (Wildman–Crippen LogP) is 4.52. The van der Waals surface area contributed by atoms with Gasteiger partial charge in [0.25, 0.3) is 0 Å². The van der Waals surface area contributed by atoms with Gasteiger partial charge in [-0.3, -0.25) is 0 Å². The first-order chi connectivity index (χ1) is 8.16. The molecule has 0 saturated heterocycles. The van der Waals surface area contributed by atoms with Crippen LogP contribution >= 0.6 is 22.6 Å². The quantitative estimate of drug-likeness (QED) is 0.812. The standard InChI is InChI=1S/C15H16IN/c1-11-5-3-4-6-13(11)10-17-15-8-7-14(16)9-12(15)2/h3-9,17H,10H2,1-2H3. The van der Waals surface area contributed by atoms with E-state index in [1.54, 1.807) is 0 Å². The molecule has 2 aromatic rings. The Kier molecular flexibility index (Phi) is 4.05. The Morgan fingerprint density at radius 1 is 1.00 bits per heavy atom. The number of rotatable bonds is 3. The molecule has 0 spiro atoms. The van der Waals surface area contributed by atoms with Crippen LogP contribution in [0.25, 0.3) is 0 Å². The number of aryl methyl sites for hydroxylation is 2. The number of hydrogen-bond acceptors (Lipinski definition) is 1. The molecule has 17 heavy (non-hydrogen) atoms. The van der Waals surface area contributed by atoms with Gasteiger partial charge >= 0.3 is 0 Å². The molecule has 0 aromatic heterocycles. The minimum absolute atomic E-state index is 0.883. The maximum atomic E-state index is 3.49. The van der Waals surface area contributed by atoms with Crippen molar-refractivity contribution in [2.24, 2.45) is 0 Å². The third-order valence-electron chi connectivity index (χ3n) is 2.92. The van der Waals surface area contributed by atoms with Crippen LogP contribution in [-0.4, -0.2) is 0 Å². The Morgan fingerprint density at radius 3 is 2.47 bits per heavy atom. The van der Waals surface area contributed by atoms with E-state index in [1.165, 1.54) is 25.9 Å². The molecule has 0 fully saturated rings. The molecule has 0 aliphatic rings. The number of nitrogens with one attached hydrogen (secondary N) is 1. The maximum absolute atomic E-state index is 3.49. The van der Waals surface area contributed by atoms with Crippen molar-refractivity contribution >= 4 is 28.3 Å². The van der Waals surface area contributed by atoms with Crippen molar-refractivity contribution in [1.82, 2.24) is 0 Å². The summed E-state index contributed by atoms with van der Waals surface area (Å²) in [5.41, 5.74) is 5.20. The van der Waals surface area contributed by atoms with Gasteiger partial charge in [-0.15, -0.1) is 0 Å². The van der Waals surface area contributed by atoms with Gasteiger partial charge in [0, 0.05) is 15.8 Å². The van der Waals surface area contributed by atoms with Gasteiger partial charge < -0.3 is 5.32 Å². The Morgan fingerprint density at radius 2 is 1.76 bits per heavy atom. The molecule has 0 bridgehead atoms. The van der Waals surface area contributed by atoms with E-state index in [-0.39, 0.29) is 0 Å². The summed E-state index contributed by atoms with van der Waals surface area (Å²) in [7, 11) is 0. The second-order valence-corrected chi connectivity index (χ2v) is 5.48. The molecule has 0 aliphatic carbocycles. The average Bonchev–Trinajstić information content (AvgIpc) is 2.30. The monoisotopic (exact) mass is 337 g/mol. The zero-order valence-corrected chi connectivity index (χ0v) is 12.3. The van der Waals surface area contributed by atoms with Gasteiger partial charge in [-0.05, 0) is 71.3 Å². The van der Waals surface area contributed by atoms with E-state index in [9.17, 15) is 0 Å². The minimum Gasteiger partial charge on any atom is -0.381 e. The first-order valence-corrected chi connectivity index (χ1v) is 6.79. The van der Waals surface area contributed by atoms with Crippen LogP contribution in [0.2, 0.25) is 0 Å². The van der Waals surface area contributed by atoms with Crippen molar-refractivity contribution < 1.29 is 0 Å². The van der Waals surface area contributed by atoms with E-state index in [0.29, 0.717) is 0 Å². The van der Waals surface area contributed by atoms with Crippen molar-refractivity contribution in [2.45, 2.75) is 20.4 Å². The molecule has 0 amide bonds. The van der Waals surface area contributed by atoms with E-state index >= 15 is 0 Å². The van der Waals surface area contributed by atoms with Gasteiger partial charge in [0.2, 0.25) is 0 Å². The second kappa shape index (κ2) is 5.54. The lowest BCUT2D eigenvalue weighted by Gasteiger charge is -2.11. The van der Waals surface area contributed by atoms with Crippen LogP contribution in [0, 0.1) is 17.4 Å². The maximum Gasteiger partial charge on any atom is 0.0403 e. The molecule has 0 radical (unpaired) electrons. The summed E-state index contributed by atoms with van der Waals surface area (Å²) in [6.07, 6.45) is 0. The lowest BCUT2D eigenvalue weighted by Crippen LogP contribution is -2.02. The lowest BCUT2D eigenvalue weighted by atomic mass is 10.1.